The minimum absolute atomic E-state index is 0.00912. The zero-order valence-corrected chi connectivity index (χ0v) is 20.4. The zero-order chi connectivity index (χ0) is 25.5. The second kappa shape index (κ2) is 11.8. The summed E-state index contributed by atoms with van der Waals surface area (Å²) in [7, 11) is 0. The molecule has 2 amide bonds. The maximum atomic E-state index is 13.2. The molecule has 2 aromatic rings. The van der Waals surface area contributed by atoms with Crippen molar-refractivity contribution in [2.45, 2.75) is 38.7 Å². The fourth-order valence-electron chi connectivity index (χ4n) is 4.49. The molecular formula is C27H32N4O5. The second-order valence-corrected chi connectivity index (χ2v) is 9.42. The maximum absolute atomic E-state index is 13.2. The van der Waals surface area contributed by atoms with Crippen LogP contribution in [0, 0.1) is 16.0 Å². The first-order valence-corrected chi connectivity index (χ1v) is 12.4. The summed E-state index contributed by atoms with van der Waals surface area (Å²) in [6.07, 6.45) is 7.07. The molecule has 2 aliphatic heterocycles. The fraction of sp³-hybridized carbons (Fsp3) is 0.407. The van der Waals surface area contributed by atoms with Crippen LogP contribution < -0.4 is 15.5 Å². The van der Waals surface area contributed by atoms with E-state index in [9.17, 15) is 19.7 Å². The Kier molecular flexibility index (Phi) is 8.32. The second-order valence-electron chi connectivity index (χ2n) is 9.42. The van der Waals surface area contributed by atoms with Gasteiger partial charge >= 0.3 is 0 Å². The summed E-state index contributed by atoms with van der Waals surface area (Å²) in [5, 5.41) is 16.6. The van der Waals surface area contributed by atoms with Crippen molar-refractivity contribution in [3.63, 3.8) is 0 Å². The molecule has 1 atom stereocenters. The number of nitro benzene ring substituents is 1. The number of non-ortho nitro benzene ring substituents is 1. The molecule has 4 rings (SSSR count). The number of rotatable bonds is 8. The van der Waals surface area contributed by atoms with Crippen molar-refractivity contribution < 1.29 is 19.2 Å². The Morgan fingerprint density at radius 3 is 2.56 bits per heavy atom. The highest BCUT2D eigenvalue weighted by Crippen LogP contribution is 2.29. The van der Waals surface area contributed by atoms with E-state index in [1.165, 1.54) is 18.2 Å². The first-order chi connectivity index (χ1) is 17.4. The number of carbonyl (C=O) groups is 2. The maximum Gasteiger partial charge on any atom is 0.269 e. The molecule has 0 spiro atoms. The van der Waals surface area contributed by atoms with E-state index in [-0.39, 0.29) is 23.6 Å². The zero-order valence-electron chi connectivity index (χ0n) is 20.4. The molecule has 2 fully saturated rings. The summed E-state index contributed by atoms with van der Waals surface area (Å²) >= 11 is 0. The van der Waals surface area contributed by atoms with Crippen LogP contribution in [-0.4, -0.2) is 49.1 Å². The van der Waals surface area contributed by atoms with Gasteiger partial charge in [-0.25, -0.2) is 0 Å². The quantitative estimate of drug-likeness (QED) is 0.321. The van der Waals surface area contributed by atoms with Gasteiger partial charge in [-0.05, 0) is 73.6 Å². The van der Waals surface area contributed by atoms with Gasteiger partial charge in [-0.3, -0.25) is 19.7 Å². The van der Waals surface area contributed by atoms with Crippen LogP contribution in [0.1, 0.15) is 48.5 Å². The molecule has 0 saturated carbocycles. The summed E-state index contributed by atoms with van der Waals surface area (Å²) in [5.41, 5.74) is 2.57. The van der Waals surface area contributed by atoms with Crippen molar-refractivity contribution in [1.82, 2.24) is 5.32 Å². The molecule has 1 unspecified atom stereocenters. The Hall–Kier alpha value is -3.72. The number of piperidine rings is 1. The van der Waals surface area contributed by atoms with Gasteiger partial charge in [0.1, 0.15) is 0 Å². The molecule has 9 nitrogen and oxygen atoms in total. The van der Waals surface area contributed by atoms with Crippen LogP contribution in [-0.2, 0) is 9.53 Å². The fourth-order valence-corrected chi connectivity index (χ4v) is 4.49. The lowest BCUT2D eigenvalue weighted by atomic mass is 9.97. The van der Waals surface area contributed by atoms with Crippen molar-refractivity contribution >= 4 is 35.0 Å². The minimum atomic E-state index is -0.469. The molecule has 0 bridgehead atoms. The molecule has 36 heavy (non-hydrogen) atoms. The third-order valence-corrected chi connectivity index (χ3v) is 6.68. The van der Waals surface area contributed by atoms with E-state index < -0.39 is 4.92 Å². The third kappa shape index (κ3) is 6.69. The monoisotopic (exact) mass is 492 g/mol. The van der Waals surface area contributed by atoms with Gasteiger partial charge in [0.05, 0.1) is 16.6 Å². The Morgan fingerprint density at radius 2 is 1.89 bits per heavy atom. The Bertz CT molecular complexity index is 1120. The topological polar surface area (TPSA) is 114 Å². The van der Waals surface area contributed by atoms with Gasteiger partial charge in [0.15, 0.2) is 0 Å². The van der Waals surface area contributed by atoms with Gasteiger partial charge < -0.3 is 20.3 Å². The number of nitrogens with zero attached hydrogens (tertiary/aromatic N) is 2. The first-order valence-electron chi connectivity index (χ1n) is 12.4. The van der Waals surface area contributed by atoms with Crippen LogP contribution in [0.3, 0.4) is 0 Å². The molecule has 0 radical (unpaired) electrons. The van der Waals surface area contributed by atoms with Crippen molar-refractivity contribution in [2.24, 2.45) is 5.92 Å². The SMILES string of the molecule is CC1CCN(c2ccc(NC(=O)C=Cc3ccc([N+](=O)[O-])cc3)cc2C(=O)NCC2CCCO2)CC1. The number of hydrogen-bond donors (Lipinski definition) is 2. The number of benzene rings is 2. The van der Waals surface area contributed by atoms with Crippen molar-refractivity contribution in [2.75, 3.05) is 36.5 Å². The highest BCUT2D eigenvalue weighted by atomic mass is 16.6. The van der Waals surface area contributed by atoms with Gasteiger partial charge in [-0.15, -0.1) is 0 Å². The van der Waals surface area contributed by atoms with E-state index in [1.54, 1.807) is 24.3 Å². The normalized spacial score (nSPS) is 18.4. The Morgan fingerprint density at radius 1 is 1.14 bits per heavy atom. The summed E-state index contributed by atoms with van der Waals surface area (Å²) in [6.45, 7) is 5.21. The predicted octanol–water partition coefficient (Wildman–Crippen LogP) is 4.39. The van der Waals surface area contributed by atoms with Crippen LogP contribution in [0.5, 0.6) is 0 Å². The molecule has 2 aromatic carbocycles. The number of amides is 2. The van der Waals surface area contributed by atoms with E-state index in [0.717, 1.165) is 51.1 Å². The minimum Gasteiger partial charge on any atom is -0.376 e. The number of nitrogens with one attached hydrogen (secondary N) is 2. The van der Waals surface area contributed by atoms with Gasteiger partial charge in [0, 0.05) is 55.8 Å². The molecule has 0 aromatic heterocycles. The van der Waals surface area contributed by atoms with Crippen LogP contribution in [0.4, 0.5) is 17.1 Å². The van der Waals surface area contributed by atoms with Gasteiger partial charge in [-0.2, -0.15) is 0 Å². The number of hydrogen-bond acceptors (Lipinski definition) is 6. The number of carbonyl (C=O) groups excluding carboxylic acids is 2. The summed E-state index contributed by atoms with van der Waals surface area (Å²) in [4.78, 5) is 38.3. The summed E-state index contributed by atoms with van der Waals surface area (Å²) in [5.74, 6) is 0.120. The lowest BCUT2D eigenvalue weighted by Gasteiger charge is -2.33. The van der Waals surface area contributed by atoms with Crippen LogP contribution in [0.2, 0.25) is 0 Å². The van der Waals surface area contributed by atoms with Crippen molar-refractivity contribution in [1.29, 1.82) is 0 Å². The lowest BCUT2D eigenvalue weighted by Crippen LogP contribution is -2.36. The number of ether oxygens (including phenoxy) is 1. The highest BCUT2D eigenvalue weighted by molar-refractivity contribution is 6.05. The van der Waals surface area contributed by atoms with E-state index in [1.807, 2.05) is 12.1 Å². The summed E-state index contributed by atoms with van der Waals surface area (Å²) in [6, 6.07) is 11.3. The van der Waals surface area contributed by atoms with E-state index in [2.05, 4.69) is 22.5 Å². The average Bonchev–Trinajstić information content (AvgIpc) is 3.41. The standard InChI is InChI=1S/C27H32N4O5/c1-19-12-14-30(15-13-19)25-10-7-21(17-24(25)27(33)28-18-23-3-2-16-36-23)29-26(32)11-6-20-4-8-22(9-5-20)31(34)35/h4-11,17,19,23H,2-3,12-16,18H2,1H3,(H,28,33)(H,29,32). The molecule has 0 aliphatic carbocycles. The Labute approximate surface area is 210 Å². The molecule has 2 N–H and O–H groups in total. The highest BCUT2D eigenvalue weighted by Gasteiger charge is 2.23. The van der Waals surface area contributed by atoms with Gasteiger partial charge in [0.2, 0.25) is 5.91 Å². The predicted molar refractivity (Wildman–Crippen MR) is 139 cm³/mol. The number of nitro groups is 1. The molecule has 190 valence electrons. The van der Waals surface area contributed by atoms with Crippen molar-refractivity contribution in [3.8, 4) is 0 Å². The van der Waals surface area contributed by atoms with Gasteiger partial charge in [-0.1, -0.05) is 6.92 Å². The lowest BCUT2D eigenvalue weighted by molar-refractivity contribution is -0.384. The average molecular weight is 493 g/mol. The molecule has 2 saturated heterocycles. The molecule has 2 aliphatic rings. The van der Waals surface area contributed by atoms with Crippen LogP contribution in [0.15, 0.2) is 48.5 Å². The molecule has 2 heterocycles. The first kappa shape index (κ1) is 25.4. The van der Waals surface area contributed by atoms with Gasteiger partial charge in [0.25, 0.3) is 11.6 Å². The van der Waals surface area contributed by atoms with E-state index in [4.69, 9.17) is 4.74 Å². The molecular weight excluding hydrogens is 460 g/mol. The molecule has 9 heteroatoms. The van der Waals surface area contributed by atoms with Crippen LogP contribution in [0.25, 0.3) is 6.08 Å². The third-order valence-electron chi connectivity index (χ3n) is 6.68. The van der Waals surface area contributed by atoms with E-state index in [0.29, 0.717) is 29.3 Å². The van der Waals surface area contributed by atoms with Crippen molar-refractivity contribution in [3.05, 3.63) is 69.8 Å². The van der Waals surface area contributed by atoms with Crippen LogP contribution >= 0.6 is 0 Å². The Balaban J connectivity index is 1.47. The van der Waals surface area contributed by atoms with E-state index >= 15 is 0 Å². The summed E-state index contributed by atoms with van der Waals surface area (Å²) < 4.78 is 5.63. The number of anilines is 2. The largest absolute Gasteiger partial charge is 0.376 e. The smallest absolute Gasteiger partial charge is 0.269 e.